The minimum Gasteiger partial charge on any atom is -0.475 e. The average Bonchev–Trinajstić information content (AvgIpc) is 3.86. The van der Waals surface area contributed by atoms with E-state index in [1.165, 1.54) is 7.11 Å². The number of anilines is 4. The van der Waals surface area contributed by atoms with Gasteiger partial charge in [-0.15, -0.1) is 0 Å². The molecule has 8 heterocycles. The smallest absolute Gasteiger partial charge is 0.475 e. The maximum absolute atomic E-state index is 14.6. The molecule has 4 saturated heterocycles. The number of aliphatic carboxylic acids is 1. The Bertz CT molecular complexity index is 2680. The topological polar surface area (TPSA) is 212 Å². The number of carboxylic acids is 1. The second-order valence-electron chi connectivity index (χ2n) is 19.5. The molecule has 0 spiro atoms. The Labute approximate surface area is 413 Å². The molecule has 3 aromatic heterocycles. The van der Waals surface area contributed by atoms with E-state index in [4.69, 9.17) is 14.6 Å². The van der Waals surface area contributed by atoms with E-state index in [0.717, 1.165) is 92.7 Å². The summed E-state index contributed by atoms with van der Waals surface area (Å²) in [7, 11) is 1.54. The third-order valence-corrected chi connectivity index (χ3v) is 14.5. The zero-order chi connectivity index (χ0) is 51.4. The van der Waals surface area contributed by atoms with Crippen LogP contribution < -0.4 is 20.4 Å². The number of carbonyl (C=O) groups is 6. The van der Waals surface area contributed by atoms with Gasteiger partial charge in [-0.1, -0.05) is 6.07 Å². The van der Waals surface area contributed by atoms with Crippen molar-refractivity contribution >= 4 is 69.6 Å². The Morgan fingerprint density at radius 1 is 0.917 bits per heavy atom. The van der Waals surface area contributed by atoms with E-state index in [-0.39, 0.29) is 31.2 Å². The molecule has 5 aliphatic heterocycles. The summed E-state index contributed by atoms with van der Waals surface area (Å²) in [5.74, 6) is -2.05. The number of fused-ring (bicyclic) bond motifs is 2. The van der Waals surface area contributed by atoms with Crippen LogP contribution >= 0.6 is 0 Å². The Balaban J connectivity index is 0.000000923. The summed E-state index contributed by atoms with van der Waals surface area (Å²) in [6.07, 6.45) is 6.27. The first-order valence-corrected chi connectivity index (χ1v) is 24.6. The molecule has 22 heteroatoms. The standard InChI is InChI=1S/C48H59FN10O6.C2HF3O2/c1-29(2)58-27-34(33-26-51-42(25-38(33)58)52-41-11-17-50-48(53-41)57-23-16-40(65-3)35(49)28-57)39(60)24-31-12-19-55(20-13-31)18-5-6-30-14-21-56(22-15-30)36-8-4-7-32-44(36)47(64)59(46(32)63)37-9-10-43(61)54-45(37)62;3-2(4,5)1(6)7/h4,7-8,11,17,25-27,29-31,35,37,40H,5-6,9-10,12-16,18-24,28H2,1-3H3,(H,54,61,62)(H,50,51,52,53);(H,6,7)/t35-,37?,40+;/m1./s1. The number of nitrogens with one attached hydrogen (secondary N) is 2. The summed E-state index contributed by atoms with van der Waals surface area (Å²) in [5, 5.41) is 13.5. The molecule has 4 aromatic rings. The quantitative estimate of drug-likeness (QED) is 0.0679. The number of carbonyl (C=O) groups excluding carboxylic acids is 5. The predicted molar refractivity (Wildman–Crippen MR) is 257 cm³/mol. The lowest BCUT2D eigenvalue weighted by atomic mass is 9.89. The molecule has 9 rings (SSSR count). The number of amides is 4. The number of rotatable bonds is 14. The normalized spacial score (nSPS) is 21.5. The van der Waals surface area contributed by atoms with Gasteiger partial charge in [0.1, 0.15) is 23.8 Å². The number of pyridine rings is 1. The fraction of sp³-hybridized carbons (Fsp3) is 0.540. The van der Waals surface area contributed by atoms with Crippen LogP contribution in [0.2, 0.25) is 0 Å². The molecule has 0 radical (unpaired) electrons. The van der Waals surface area contributed by atoms with Crippen molar-refractivity contribution in [1.29, 1.82) is 0 Å². The molecule has 3 atom stereocenters. The fourth-order valence-electron chi connectivity index (χ4n) is 10.5. The van der Waals surface area contributed by atoms with E-state index < -0.39 is 54.1 Å². The number of ether oxygens (including phenoxy) is 1. The van der Waals surface area contributed by atoms with Gasteiger partial charge in [-0.3, -0.25) is 34.2 Å². The zero-order valence-corrected chi connectivity index (χ0v) is 40.5. The summed E-state index contributed by atoms with van der Waals surface area (Å²) in [4.78, 5) is 95.5. The summed E-state index contributed by atoms with van der Waals surface area (Å²) in [6.45, 7) is 9.54. The van der Waals surface area contributed by atoms with E-state index in [1.807, 2.05) is 23.2 Å². The summed E-state index contributed by atoms with van der Waals surface area (Å²) in [6, 6.07) is 8.20. The number of ketones is 1. The molecule has 0 bridgehead atoms. The highest BCUT2D eigenvalue weighted by Crippen LogP contribution is 2.37. The average molecular weight is 1010 g/mol. The van der Waals surface area contributed by atoms with Crippen molar-refractivity contribution < 1.29 is 56.2 Å². The number of halogens is 4. The lowest BCUT2D eigenvalue weighted by Gasteiger charge is -2.35. The maximum Gasteiger partial charge on any atom is 0.490 e. The van der Waals surface area contributed by atoms with E-state index in [2.05, 4.69) is 53.8 Å². The third kappa shape index (κ3) is 11.5. The van der Waals surface area contributed by atoms with Crippen LogP contribution in [0, 0.1) is 11.8 Å². The molecule has 18 nitrogen and oxygen atoms in total. The lowest BCUT2D eigenvalue weighted by molar-refractivity contribution is -0.192. The zero-order valence-electron chi connectivity index (χ0n) is 40.5. The van der Waals surface area contributed by atoms with Gasteiger partial charge >= 0.3 is 12.1 Å². The van der Waals surface area contributed by atoms with Gasteiger partial charge in [-0.2, -0.15) is 18.2 Å². The van der Waals surface area contributed by atoms with Gasteiger partial charge in [-0.05, 0) is 115 Å². The Morgan fingerprint density at radius 2 is 1.62 bits per heavy atom. The van der Waals surface area contributed by atoms with Gasteiger partial charge in [-0.25, -0.2) is 19.2 Å². The van der Waals surface area contributed by atoms with E-state index in [9.17, 15) is 41.5 Å². The summed E-state index contributed by atoms with van der Waals surface area (Å²) in [5.41, 5.74) is 3.04. The van der Waals surface area contributed by atoms with Crippen LogP contribution in [0.5, 0.6) is 0 Å². The lowest BCUT2D eigenvalue weighted by Crippen LogP contribution is -2.54. The molecule has 4 fully saturated rings. The van der Waals surface area contributed by atoms with Crippen molar-refractivity contribution in [2.45, 2.75) is 109 Å². The number of imide groups is 2. The molecule has 72 heavy (non-hydrogen) atoms. The second-order valence-corrected chi connectivity index (χ2v) is 19.5. The minimum absolute atomic E-state index is 0.0905. The highest BCUT2D eigenvalue weighted by Gasteiger charge is 2.46. The Kier molecular flexibility index (Phi) is 15.9. The van der Waals surface area contributed by atoms with Crippen molar-refractivity contribution in [3.05, 3.63) is 65.6 Å². The van der Waals surface area contributed by atoms with Crippen LogP contribution in [0.3, 0.4) is 0 Å². The maximum atomic E-state index is 14.6. The van der Waals surface area contributed by atoms with Crippen molar-refractivity contribution in [3.8, 4) is 0 Å². The number of piperidine rings is 4. The van der Waals surface area contributed by atoms with Crippen LogP contribution in [0.1, 0.15) is 115 Å². The minimum atomic E-state index is -5.08. The first-order chi connectivity index (χ1) is 34.4. The fourth-order valence-corrected chi connectivity index (χ4v) is 10.5. The molecule has 0 aliphatic carbocycles. The van der Waals surface area contributed by atoms with Crippen molar-refractivity contribution in [1.82, 2.24) is 34.6 Å². The first-order valence-electron chi connectivity index (χ1n) is 24.6. The van der Waals surface area contributed by atoms with Crippen LogP contribution in [0.15, 0.2) is 48.9 Å². The molecule has 386 valence electrons. The molecule has 0 saturated carbocycles. The van der Waals surface area contributed by atoms with Crippen LogP contribution in [0.25, 0.3) is 10.9 Å². The Morgan fingerprint density at radius 3 is 2.29 bits per heavy atom. The number of benzene rings is 1. The SMILES string of the molecule is CO[C@H]1CCN(c2nccc(Nc3cc4c(cn3)c(C(=O)CC3CCN(CCCC5CCN(c6cccc7c6C(=O)N(C6CCC(=O)NC6=O)C7=O)CC5)CC3)cn4C(C)C)n2)C[C@H]1F.O=C(O)C(F)(F)F. The van der Waals surface area contributed by atoms with Crippen LogP contribution in [-0.4, -0.2) is 147 Å². The predicted octanol–water partition coefficient (Wildman–Crippen LogP) is 6.73. The number of methoxy groups -OCH3 is 1. The van der Waals surface area contributed by atoms with E-state index >= 15 is 0 Å². The van der Waals surface area contributed by atoms with Crippen LogP contribution in [-0.2, 0) is 19.1 Å². The number of carboxylic acid groups (broad SMARTS) is 1. The van der Waals surface area contributed by atoms with Crippen LogP contribution in [0.4, 0.5) is 40.8 Å². The van der Waals surface area contributed by atoms with Gasteiger partial charge < -0.3 is 34.4 Å². The number of hydrogen-bond donors (Lipinski definition) is 3. The highest BCUT2D eigenvalue weighted by molar-refractivity contribution is 6.25. The number of aromatic nitrogens is 4. The van der Waals surface area contributed by atoms with Crippen molar-refractivity contribution in [2.24, 2.45) is 11.8 Å². The molecule has 1 unspecified atom stereocenters. The largest absolute Gasteiger partial charge is 0.490 e. The van der Waals surface area contributed by atoms with Crippen molar-refractivity contribution in [2.75, 3.05) is 68.0 Å². The third-order valence-electron chi connectivity index (χ3n) is 14.5. The highest BCUT2D eigenvalue weighted by atomic mass is 19.4. The molecule has 3 N–H and O–H groups in total. The molecule has 4 amide bonds. The summed E-state index contributed by atoms with van der Waals surface area (Å²) < 4.78 is 53.7. The number of alkyl halides is 4. The van der Waals surface area contributed by atoms with Gasteiger partial charge in [0.05, 0.1) is 35.0 Å². The summed E-state index contributed by atoms with van der Waals surface area (Å²) >= 11 is 0. The number of hydrogen-bond acceptors (Lipinski definition) is 14. The van der Waals surface area contributed by atoms with Gasteiger partial charge in [0.15, 0.2) is 5.78 Å². The molecular formula is C50H60F4N10O8. The number of nitrogens with zero attached hydrogens (tertiary/aromatic N) is 8. The molecule has 1 aromatic carbocycles. The Hall–Kier alpha value is -6.55. The van der Waals surface area contributed by atoms with Gasteiger partial charge in [0.25, 0.3) is 11.8 Å². The number of likely N-dealkylation sites (tertiary alicyclic amines) is 1. The first kappa shape index (κ1) is 51.8. The van der Waals surface area contributed by atoms with Gasteiger partial charge in [0.2, 0.25) is 17.8 Å². The number of Topliss-reactive ketones (excluding diaryl/α,β-unsaturated/α-hetero) is 1. The molecular weight excluding hydrogens is 945 g/mol. The van der Waals surface area contributed by atoms with E-state index in [0.29, 0.717) is 65.5 Å². The molecule has 5 aliphatic rings. The second kappa shape index (κ2) is 22.1. The monoisotopic (exact) mass is 1000 g/mol. The van der Waals surface area contributed by atoms with E-state index in [1.54, 1.807) is 30.6 Å². The van der Waals surface area contributed by atoms with Gasteiger partial charge in [0, 0.05) is 81.2 Å². The van der Waals surface area contributed by atoms with Crippen molar-refractivity contribution in [3.63, 3.8) is 0 Å².